The van der Waals surface area contributed by atoms with Crippen LogP contribution in [0.15, 0.2) is 36.4 Å². The van der Waals surface area contributed by atoms with Crippen molar-refractivity contribution in [1.29, 1.82) is 0 Å². The molecule has 0 bridgehead atoms. The van der Waals surface area contributed by atoms with Crippen LogP contribution >= 0.6 is 11.8 Å². The summed E-state index contributed by atoms with van der Waals surface area (Å²) in [5.74, 6) is 0.582. The topological polar surface area (TPSA) is 43.8 Å². The molecule has 22 heavy (non-hydrogen) atoms. The maximum absolute atomic E-state index is 12.0. The lowest BCUT2D eigenvalue weighted by Gasteiger charge is -2.26. The third-order valence-corrected chi connectivity index (χ3v) is 5.23. The van der Waals surface area contributed by atoms with Crippen LogP contribution < -0.4 is 4.90 Å². The van der Waals surface area contributed by atoms with Crippen molar-refractivity contribution in [3.8, 4) is 0 Å². The molecule has 0 saturated carbocycles. The van der Waals surface area contributed by atoms with Gasteiger partial charge in [-0.2, -0.15) is 0 Å². The molecule has 3 rings (SSSR count). The van der Waals surface area contributed by atoms with E-state index in [1.807, 2.05) is 26.2 Å². The molecule has 1 amide bonds. The van der Waals surface area contributed by atoms with Gasteiger partial charge in [0.1, 0.15) is 5.37 Å². The molecule has 1 N–H and O–H groups in total. The van der Waals surface area contributed by atoms with E-state index in [-0.39, 0.29) is 17.9 Å². The number of amides is 1. The minimum atomic E-state index is -0.0132. The second-order valence-corrected chi connectivity index (χ2v) is 6.66. The normalized spacial score (nSPS) is 18.2. The Balaban J connectivity index is 2.12. The first-order chi connectivity index (χ1) is 10.6. The van der Waals surface area contributed by atoms with Crippen molar-refractivity contribution in [2.45, 2.75) is 5.37 Å². The SMILES string of the molecule is CN(C)c1ccc(C2SCC(=O)N2CCO)c2ccccc12. The Morgan fingerprint density at radius 1 is 1.23 bits per heavy atom. The number of rotatable bonds is 4. The summed E-state index contributed by atoms with van der Waals surface area (Å²) in [6.07, 6.45) is 0. The largest absolute Gasteiger partial charge is 0.395 e. The molecular formula is C17H20N2O2S. The van der Waals surface area contributed by atoms with Crippen LogP contribution in [0.1, 0.15) is 10.9 Å². The predicted molar refractivity (Wildman–Crippen MR) is 92.3 cm³/mol. The van der Waals surface area contributed by atoms with Gasteiger partial charge >= 0.3 is 0 Å². The van der Waals surface area contributed by atoms with E-state index >= 15 is 0 Å². The van der Waals surface area contributed by atoms with Crippen molar-refractivity contribution in [1.82, 2.24) is 4.90 Å². The molecule has 1 saturated heterocycles. The number of hydrogen-bond donors (Lipinski definition) is 1. The number of hydrogen-bond acceptors (Lipinski definition) is 4. The van der Waals surface area contributed by atoms with Crippen LogP contribution in [0.3, 0.4) is 0 Å². The highest BCUT2D eigenvalue weighted by molar-refractivity contribution is 8.00. The molecule has 2 aromatic rings. The average molecular weight is 316 g/mol. The van der Waals surface area contributed by atoms with Gasteiger partial charge in [-0.1, -0.05) is 30.3 Å². The van der Waals surface area contributed by atoms with E-state index in [9.17, 15) is 9.90 Å². The smallest absolute Gasteiger partial charge is 0.233 e. The zero-order valence-electron chi connectivity index (χ0n) is 12.8. The Morgan fingerprint density at radius 3 is 2.64 bits per heavy atom. The molecule has 1 atom stereocenters. The lowest BCUT2D eigenvalue weighted by Crippen LogP contribution is -2.31. The molecule has 0 aromatic heterocycles. The van der Waals surface area contributed by atoms with Gasteiger partial charge in [-0.25, -0.2) is 0 Å². The molecule has 5 heteroatoms. The van der Waals surface area contributed by atoms with Crippen LogP contribution in [0, 0.1) is 0 Å². The summed E-state index contributed by atoms with van der Waals surface area (Å²) < 4.78 is 0. The summed E-state index contributed by atoms with van der Waals surface area (Å²) >= 11 is 1.63. The van der Waals surface area contributed by atoms with E-state index in [1.165, 1.54) is 16.5 Å². The summed E-state index contributed by atoms with van der Waals surface area (Å²) in [6.45, 7) is 0.386. The quantitative estimate of drug-likeness (QED) is 0.941. The van der Waals surface area contributed by atoms with Crippen molar-refractivity contribution < 1.29 is 9.90 Å². The van der Waals surface area contributed by atoms with Crippen LogP contribution in [0.5, 0.6) is 0 Å². The molecule has 0 spiro atoms. The van der Waals surface area contributed by atoms with Gasteiger partial charge in [-0.05, 0) is 17.0 Å². The predicted octanol–water partition coefficient (Wildman–Crippen LogP) is 2.47. The van der Waals surface area contributed by atoms with E-state index in [4.69, 9.17) is 0 Å². The van der Waals surface area contributed by atoms with Crippen LogP contribution in [0.25, 0.3) is 10.8 Å². The van der Waals surface area contributed by atoms with Crippen LogP contribution in [-0.2, 0) is 4.79 Å². The number of anilines is 1. The van der Waals surface area contributed by atoms with Gasteiger partial charge in [-0.3, -0.25) is 4.79 Å². The number of carbonyl (C=O) groups is 1. The third-order valence-electron chi connectivity index (χ3n) is 3.99. The van der Waals surface area contributed by atoms with Crippen molar-refractivity contribution in [3.05, 3.63) is 42.0 Å². The standard InChI is InChI=1S/C17H20N2O2S/c1-18(2)15-8-7-14(12-5-3-4-6-13(12)15)17-19(9-10-20)16(21)11-22-17/h3-8,17,20H,9-11H2,1-2H3. The van der Waals surface area contributed by atoms with E-state index in [0.717, 1.165) is 5.56 Å². The van der Waals surface area contributed by atoms with Crippen LogP contribution in [0.2, 0.25) is 0 Å². The number of benzene rings is 2. The van der Waals surface area contributed by atoms with E-state index in [0.29, 0.717) is 12.3 Å². The van der Waals surface area contributed by atoms with Gasteiger partial charge in [0, 0.05) is 31.7 Å². The van der Waals surface area contributed by atoms with Gasteiger partial charge in [0.2, 0.25) is 5.91 Å². The number of fused-ring (bicyclic) bond motifs is 1. The summed E-state index contributed by atoms with van der Waals surface area (Å²) in [4.78, 5) is 15.9. The molecule has 4 nitrogen and oxygen atoms in total. The fraction of sp³-hybridized carbons (Fsp3) is 0.353. The van der Waals surface area contributed by atoms with Gasteiger partial charge in [0.15, 0.2) is 0 Å². The Labute approximate surface area is 134 Å². The molecule has 1 fully saturated rings. The Bertz CT molecular complexity index is 702. The van der Waals surface area contributed by atoms with Crippen molar-refractivity contribution in [2.75, 3.05) is 37.9 Å². The van der Waals surface area contributed by atoms with Crippen molar-refractivity contribution in [2.24, 2.45) is 0 Å². The highest BCUT2D eigenvalue weighted by Crippen LogP contribution is 2.42. The molecule has 1 aliphatic rings. The van der Waals surface area contributed by atoms with E-state index in [2.05, 4.69) is 29.2 Å². The fourth-order valence-electron chi connectivity index (χ4n) is 2.97. The zero-order valence-corrected chi connectivity index (χ0v) is 13.6. The first kappa shape index (κ1) is 15.2. The number of nitrogens with zero attached hydrogens (tertiary/aromatic N) is 2. The Hall–Kier alpha value is -1.72. The maximum Gasteiger partial charge on any atom is 0.233 e. The van der Waals surface area contributed by atoms with Crippen LogP contribution in [0.4, 0.5) is 5.69 Å². The highest BCUT2D eigenvalue weighted by Gasteiger charge is 2.33. The number of carbonyl (C=O) groups excluding carboxylic acids is 1. The number of aliphatic hydroxyl groups excluding tert-OH is 1. The molecule has 0 radical (unpaired) electrons. The van der Waals surface area contributed by atoms with Crippen molar-refractivity contribution >= 4 is 34.1 Å². The fourth-order valence-corrected chi connectivity index (χ4v) is 4.23. The zero-order chi connectivity index (χ0) is 15.7. The summed E-state index contributed by atoms with van der Waals surface area (Å²) in [6, 6.07) is 12.5. The van der Waals surface area contributed by atoms with E-state index in [1.54, 1.807) is 16.7 Å². The lowest BCUT2D eigenvalue weighted by molar-refractivity contribution is -0.128. The maximum atomic E-state index is 12.0. The van der Waals surface area contributed by atoms with E-state index < -0.39 is 0 Å². The first-order valence-electron chi connectivity index (χ1n) is 7.34. The minimum absolute atomic E-state index is 0.00346. The lowest BCUT2D eigenvalue weighted by atomic mass is 10.0. The average Bonchev–Trinajstić information content (AvgIpc) is 2.87. The second kappa shape index (κ2) is 6.18. The number of β-amino-alcohol motifs (C(OH)–C–C–N with tert-alkyl or cyclic N) is 1. The Morgan fingerprint density at radius 2 is 1.95 bits per heavy atom. The molecule has 116 valence electrons. The molecule has 2 aromatic carbocycles. The molecule has 1 unspecified atom stereocenters. The molecule has 0 aliphatic carbocycles. The number of aliphatic hydroxyl groups is 1. The second-order valence-electron chi connectivity index (χ2n) is 5.59. The molecule has 1 heterocycles. The molecular weight excluding hydrogens is 296 g/mol. The number of thioether (sulfide) groups is 1. The van der Waals surface area contributed by atoms with Gasteiger partial charge in [0.25, 0.3) is 0 Å². The van der Waals surface area contributed by atoms with Gasteiger partial charge in [0.05, 0.1) is 12.4 Å². The molecule has 1 aliphatic heterocycles. The van der Waals surface area contributed by atoms with Gasteiger partial charge in [-0.15, -0.1) is 11.8 Å². The minimum Gasteiger partial charge on any atom is -0.395 e. The summed E-state index contributed by atoms with van der Waals surface area (Å²) in [5, 5.41) is 11.6. The monoisotopic (exact) mass is 316 g/mol. The Kier molecular flexibility index (Phi) is 4.27. The van der Waals surface area contributed by atoms with Gasteiger partial charge < -0.3 is 14.9 Å². The van der Waals surface area contributed by atoms with Crippen LogP contribution in [-0.4, -0.2) is 48.9 Å². The summed E-state index contributed by atoms with van der Waals surface area (Å²) in [7, 11) is 4.07. The third kappa shape index (κ3) is 2.55. The van der Waals surface area contributed by atoms with Crippen molar-refractivity contribution in [3.63, 3.8) is 0 Å². The first-order valence-corrected chi connectivity index (χ1v) is 8.39. The summed E-state index contributed by atoms with van der Waals surface area (Å²) in [5.41, 5.74) is 2.31. The highest BCUT2D eigenvalue weighted by atomic mass is 32.2.